The second kappa shape index (κ2) is 5.96. The fraction of sp³-hybridized carbons (Fsp3) is 0.692. The number of likely N-dealkylation sites (N-methyl/N-ethyl adjacent to an activating group) is 1. The van der Waals surface area contributed by atoms with Gasteiger partial charge in [-0.25, -0.2) is 0 Å². The standard InChI is InChI=1S/C13H22N2OS/c1-10(13-4-3-7-17-13)15(2)9-12-6-5-11(8-14)16-12/h3-4,7,10-12H,5-6,8-9,14H2,1-2H3. The van der Waals surface area contributed by atoms with E-state index >= 15 is 0 Å². The van der Waals surface area contributed by atoms with Gasteiger partial charge in [0.2, 0.25) is 0 Å². The van der Waals surface area contributed by atoms with E-state index in [1.807, 2.05) is 11.3 Å². The van der Waals surface area contributed by atoms with Crippen LogP contribution in [0.3, 0.4) is 0 Å². The van der Waals surface area contributed by atoms with Crippen LogP contribution in [0.1, 0.15) is 30.7 Å². The lowest BCUT2D eigenvalue weighted by molar-refractivity contribution is 0.0256. The van der Waals surface area contributed by atoms with Crippen LogP contribution >= 0.6 is 11.3 Å². The molecule has 2 heterocycles. The Hall–Kier alpha value is -0.420. The lowest BCUT2D eigenvalue weighted by Gasteiger charge is -2.26. The van der Waals surface area contributed by atoms with Gasteiger partial charge in [0.25, 0.3) is 0 Å². The molecule has 4 heteroatoms. The number of nitrogens with two attached hydrogens (primary N) is 1. The van der Waals surface area contributed by atoms with Gasteiger partial charge >= 0.3 is 0 Å². The minimum Gasteiger partial charge on any atom is -0.372 e. The Kier molecular flexibility index (Phi) is 4.56. The van der Waals surface area contributed by atoms with E-state index in [1.54, 1.807) is 0 Å². The molecule has 96 valence electrons. The maximum Gasteiger partial charge on any atom is 0.0707 e. The zero-order valence-electron chi connectivity index (χ0n) is 10.6. The third kappa shape index (κ3) is 3.28. The molecule has 1 fully saturated rings. The molecule has 3 nitrogen and oxygen atoms in total. The first-order valence-corrected chi connectivity index (χ1v) is 7.18. The summed E-state index contributed by atoms with van der Waals surface area (Å²) in [5.41, 5.74) is 5.63. The summed E-state index contributed by atoms with van der Waals surface area (Å²) in [5, 5.41) is 2.14. The van der Waals surface area contributed by atoms with Gasteiger partial charge in [-0.05, 0) is 38.3 Å². The predicted molar refractivity (Wildman–Crippen MR) is 72.3 cm³/mol. The van der Waals surface area contributed by atoms with Crippen molar-refractivity contribution >= 4 is 11.3 Å². The predicted octanol–water partition coefficient (Wildman–Crippen LogP) is 2.25. The molecule has 1 aliphatic rings. The monoisotopic (exact) mass is 254 g/mol. The van der Waals surface area contributed by atoms with Crippen molar-refractivity contribution in [1.82, 2.24) is 4.90 Å². The van der Waals surface area contributed by atoms with Crippen molar-refractivity contribution in [2.45, 2.75) is 38.0 Å². The minimum atomic E-state index is 0.283. The number of nitrogens with zero attached hydrogens (tertiary/aromatic N) is 1. The van der Waals surface area contributed by atoms with Crippen LogP contribution in [0.5, 0.6) is 0 Å². The molecule has 1 aliphatic heterocycles. The van der Waals surface area contributed by atoms with E-state index in [2.05, 4.69) is 36.4 Å². The summed E-state index contributed by atoms with van der Waals surface area (Å²) in [6.45, 7) is 3.90. The van der Waals surface area contributed by atoms with Crippen molar-refractivity contribution in [3.05, 3.63) is 22.4 Å². The Morgan fingerprint density at radius 1 is 1.53 bits per heavy atom. The summed E-state index contributed by atoms with van der Waals surface area (Å²) in [5.74, 6) is 0. The molecule has 0 aromatic carbocycles. The molecule has 2 rings (SSSR count). The van der Waals surface area contributed by atoms with Crippen LogP contribution in [0.2, 0.25) is 0 Å². The molecule has 0 amide bonds. The molecular weight excluding hydrogens is 232 g/mol. The summed E-state index contributed by atoms with van der Waals surface area (Å²) in [6.07, 6.45) is 2.90. The topological polar surface area (TPSA) is 38.5 Å². The van der Waals surface area contributed by atoms with E-state index in [9.17, 15) is 0 Å². The molecular formula is C13H22N2OS. The van der Waals surface area contributed by atoms with E-state index in [1.165, 1.54) is 4.88 Å². The van der Waals surface area contributed by atoms with Crippen LogP contribution in [0.25, 0.3) is 0 Å². The van der Waals surface area contributed by atoms with Crippen molar-refractivity contribution in [3.8, 4) is 0 Å². The van der Waals surface area contributed by atoms with Crippen LogP contribution < -0.4 is 5.73 Å². The van der Waals surface area contributed by atoms with Crippen molar-refractivity contribution in [1.29, 1.82) is 0 Å². The molecule has 0 radical (unpaired) electrons. The van der Waals surface area contributed by atoms with Gasteiger partial charge in [0, 0.05) is 24.0 Å². The largest absolute Gasteiger partial charge is 0.372 e. The molecule has 1 aromatic heterocycles. The van der Waals surface area contributed by atoms with Crippen LogP contribution in [0, 0.1) is 0 Å². The maximum absolute atomic E-state index is 5.89. The Balaban J connectivity index is 1.83. The highest BCUT2D eigenvalue weighted by Crippen LogP contribution is 2.26. The minimum absolute atomic E-state index is 0.283. The van der Waals surface area contributed by atoms with Crippen molar-refractivity contribution < 1.29 is 4.74 Å². The fourth-order valence-corrected chi connectivity index (χ4v) is 3.16. The van der Waals surface area contributed by atoms with Gasteiger partial charge in [0.05, 0.1) is 12.2 Å². The third-order valence-electron chi connectivity index (χ3n) is 3.57. The molecule has 0 bridgehead atoms. The molecule has 3 unspecified atom stereocenters. The lowest BCUT2D eigenvalue weighted by atomic mass is 10.1. The molecule has 0 spiro atoms. The lowest BCUT2D eigenvalue weighted by Crippen LogP contribution is -2.32. The van der Waals surface area contributed by atoms with Gasteiger partial charge in [0.15, 0.2) is 0 Å². The van der Waals surface area contributed by atoms with Crippen LogP contribution in [0.15, 0.2) is 17.5 Å². The first kappa shape index (κ1) is 13.0. The Labute approximate surface area is 108 Å². The number of hydrogen-bond donors (Lipinski definition) is 1. The van der Waals surface area contributed by atoms with Crippen LogP contribution in [-0.2, 0) is 4.74 Å². The van der Waals surface area contributed by atoms with Gasteiger partial charge < -0.3 is 10.5 Å². The number of ether oxygens (including phenoxy) is 1. The van der Waals surface area contributed by atoms with Gasteiger partial charge in [-0.15, -0.1) is 11.3 Å². The Morgan fingerprint density at radius 2 is 2.29 bits per heavy atom. The average Bonchev–Trinajstić information content (AvgIpc) is 2.98. The van der Waals surface area contributed by atoms with E-state index in [0.717, 1.165) is 19.4 Å². The van der Waals surface area contributed by atoms with Gasteiger partial charge in [0.1, 0.15) is 0 Å². The third-order valence-corrected chi connectivity index (χ3v) is 4.61. The number of rotatable bonds is 5. The molecule has 17 heavy (non-hydrogen) atoms. The van der Waals surface area contributed by atoms with Crippen molar-refractivity contribution in [3.63, 3.8) is 0 Å². The average molecular weight is 254 g/mol. The van der Waals surface area contributed by atoms with Crippen molar-refractivity contribution in [2.75, 3.05) is 20.1 Å². The highest BCUT2D eigenvalue weighted by molar-refractivity contribution is 7.10. The van der Waals surface area contributed by atoms with Crippen molar-refractivity contribution in [2.24, 2.45) is 5.73 Å². The smallest absolute Gasteiger partial charge is 0.0707 e. The summed E-state index contributed by atoms with van der Waals surface area (Å²) >= 11 is 1.82. The summed E-state index contributed by atoms with van der Waals surface area (Å²) < 4.78 is 5.89. The van der Waals surface area contributed by atoms with Gasteiger partial charge in [-0.1, -0.05) is 6.07 Å². The molecule has 0 saturated carbocycles. The first-order valence-electron chi connectivity index (χ1n) is 6.30. The zero-order chi connectivity index (χ0) is 12.3. The SMILES string of the molecule is CC(c1cccs1)N(C)CC1CCC(CN)O1. The second-order valence-electron chi connectivity index (χ2n) is 4.82. The molecule has 1 saturated heterocycles. The molecule has 0 aliphatic carbocycles. The molecule has 3 atom stereocenters. The van der Waals surface area contributed by atoms with E-state index in [0.29, 0.717) is 18.7 Å². The van der Waals surface area contributed by atoms with Gasteiger partial charge in [-0.2, -0.15) is 0 Å². The normalized spacial score (nSPS) is 26.6. The fourth-order valence-electron chi connectivity index (χ4n) is 2.31. The molecule has 2 N–H and O–H groups in total. The van der Waals surface area contributed by atoms with Gasteiger partial charge in [-0.3, -0.25) is 4.90 Å². The van der Waals surface area contributed by atoms with E-state index in [-0.39, 0.29) is 6.10 Å². The quantitative estimate of drug-likeness (QED) is 0.876. The number of thiophene rings is 1. The number of hydrogen-bond acceptors (Lipinski definition) is 4. The van der Waals surface area contributed by atoms with E-state index in [4.69, 9.17) is 10.5 Å². The Bertz CT molecular complexity index is 328. The Morgan fingerprint density at radius 3 is 2.88 bits per heavy atom. The summed E-state index contributed by atoms with van der Waals surface area (Å²) in [7, 11) is 2.17. The summed E-state index contributed by atoms with van der Waals surface area (Å²) in [4.78, 5) is 3.79. The zero-order valence-corrected chi connectivity index (χ0v) is 11.5. The van der Waals surface area contributed by atoms with Crippen LogP contribution in [0.4, 0.5) is 0 Å². The highest BCUT2D eigenvalue weighted by Gasteiger charge is 2.26. The summed E-state index contributed by atoms with van der Waals surface area (Å²) in [6, 6.07) is 4.78. The maximum atomic E-state index is 5.89. The second-order valence-corrected chi connectivity index (χ2v) is 5.80. The highest BCUT2D eigenvalue weighted by atomic mass is 32.1. The first-order chi connectivity index (χ1) is 8.20. The molecule has 1 aromatic rings. The van der Waals surface area contributed by atoms with E-state index < -0.39 is 0 Å². The van der Waals surface area contributed by atoms with Crippen LogP contribution in [-0.4, -0.2) is 37.2 Å².